The number of aromatic carboxylic acids is 1. The summed E-state index contributed by atoms with van der Waals surface area (Å²) in [5.74, 6) is -1.31. The van der Waals surface area contributed by atoms with Gasteiger partial charge in [0.25, 0.3) is 10.0 Å². The summed E-state index contributed by atoms with van der Waals surface area (Å²) in [6.07, 6.45) is 3.46. The van der Waals surface area contributed by atoms with Crippen LogP contribution < -0.4 is 4.89 Å². The average Bonchev–Trinajstić information content (AvgIpc) is 2.92. The zero-order valence-corrected chi connectivity index (χ0v) is 14.0. The lowest BCUT2D eigenvalue weighted by Crippen LogP contribution is -2.28. The van der Waals surface area contributed by atoms with Gasteiger partial charge in [0.05, 0.1) is 21.6 Å². The largest absolute Gasteiger partial charge is 0.478 e. The first kappa shape index (κ1) is 16.7. The molecular weight excluding hydrogens is 386 g/mol. The molecule has 1 aliphatic carbocycles. The van der Waals surface area contributed by atoms with Crippen molar-refractivity contribution < 1.29 is 23.2 Å². The molecule has 0 heterocycles. The van der Waals surface area contributed by atoms with Crippen LogP contribution in [0.15, 0.2) is 21.5 Å². The standard InChI is InChI=1S/C12H13BrClNO5S/c13-10-6-8(5-9(11(10)14)12(16)17)21(18,19)15-20-7-3-1-2-4-7/h5-7,15H,1-4H2,(H,16,17). The van der Waals surface area contributed by atoms with Crippen LogP contribution in [0.1, 0.15) is 36.0 Å². The van der Waals surface area contributed by atoms with Gasteiger partial charge in [0, 0.05) is 4.47 Å². The van der Waals surface area contributed by atoms with Gasteiger partial charge in [-0.2, -0.15) is 0 Å². The monoisotopic (exact) mass is 397 g/mol. The summed E-state index contributed by atoms with van der Waals surface area (Å²) in [6.45, 7) is 0. The lowest BCUT2D eigenvalue weighted by atomic mass is 10.2. The number of carboxylic acid groups (broad SMARTS) is 1. The molecule has 0 atom stereocenters. The van der Waals surface area contributed by atoms with Crippen LogP contribution in [0.4, 0.5) is 0 Å². The fourth-order valence-corrected chi connectivity index (χ4v) is 3.77. The lowest BCUT2D eigenvalue weighted by molar-refractivity contribution is 0.0223. The predicted octanol–water partition coefficient (Wildman–Crippen LogP) is 2.95. The summed E-state index contributed by atoms with van der Waals surface area (Å²) in [4.78, 5) is 18.0. The molecule has 0 unspecified atom stereocenters. The molecular formula is C12H13BrClNO5S. The molecule has 2 N–H and O–H groups in total. The van der Waals surface area contributed by atoms with E-state index in [1.54, 1.807) is 0 Å². The second-order valence-electron chi connectivity index (χ2n) is 4.68. The van der Waals surface area contributed by atoms with Crippen molar-refractivity contribution in [2.45, 2.75) is 36.7 Å². The minimum atomic E-state index is -3.97. The van der Waals surface area contributed by atoms with E-state index >= 15 is 0 Å². The summed E-state index contributed by atoms with van der Waals surface area (Å²) < 4.78 is 24.5. The van der Waals surface area contributed by atoms with Crippen LogP contribution in [0.2, 0.25) is 5.02 Å². The summed E-state index contributed by atoms with van der Waals surface area (Å²) in [5.41, 5.74) is -0.299. The minimum absolute atomic E-state index is 0.0573. The number of hydrogen-bond acceptors (Lipinski definition) is 4. The maximum atomic E-state index is 12.1. The topological polar surface area (TPSA) is 92.7 Å². The van der Waals surface area contributed by atoms with Crippen LogP contribution in [0.3, 0.4) is 0 Å². The van der Waals surface area contributed by atoms with Crippen molar-refractivity contribution >= 4 is 43.5 Å². The van der Waals surface area contributed by atoms with Crippen LogP contribution in [-0.4, -0.2) is 25.6 Å². The highest BCUT2D eigenvalue weighted by Gasteiger charge is 2.23. The fourth-order valence-electron chi connectivity index (χ4n) is 2.06. The van der Waals surface area contributed by atoms with Crippen molar-refractivity contribution in [1.29, 1.82) is 0 Å². The molecule has 116 valence electrons. The van der Waals surface area contributed by atoms with E-state index in [0.717, 1.165) is 31.7 Å². The number of carboxylic acids is 1. The Morgan fingerprint density at radius 1 is 1.38 bits per heavy atom. The van der Waals surface area contributed by atoms with Gasteiger partial charge in [-0.25, -0.2) is 13.2 Å². The Labute approximate surface area is 135 Å². The second-order valence-corrected chi connectivity index (χ2v) is 7.56. The van der Waals surface area contributed by atoms with E-state index in [9.17, 15) is 13.2 Å². The van der Waals surface area contributed by atoms with Gasteiger partial charge >= 0.3 is 5.97 Å². The Hall–Kier alpha value is -0.670. The molecule has 0 bridgehead atoms. The summed E-state index contributed by atoms with van der Waals surface area (Å²) >= 11 is 8.86. The maximum absolute atomic E-state index is 12.1. The molecule has 0 aliphatic heterocycles. The Morgan fingerprint density at radius 3 is 2.57 bits per heavy atom. The van der Waals surface area contributed by atoms with Crippen LogP contribution in [0.5, 0.6) is 0 Å². The molecule has 1 aromatic carbocycles. The van der Waals surface area contributed by atoms with Crippen molar-refractivity contribution in [3.63, 3.8) is 0 Å². The van der Waals surface area contributed by atoms with E-state index in [2.05, 4.69) is 15.9 Å². The molecule has 6 nitrogen and oxygen atoms in total. The van der Waals surface area contributed by atoms with Gasteiger partial charge in [0.2, 0.25) is 0 Å². The molecule has 2 rings (SSSR count). The zero-order chi connectivity index (χ0) is 15.6. The number of carbonyl (C=O) groups is 1. The van der Waals surface area contributed by atoms with Gasteiger partial charge in [-0.15, -0.1) is 0 Å². The number of nitrogens with one attached hydrogen (secondary N) is 1. The van der Waals surface area contributed by atoms with E-state index in [-0.39, 0.29) is 26.1 Å². The Bertz CT molecular complexity index is 658. The molecule has 0 saturated heterocycles. The third-order valence-corrected chi connectivity index (χ3v) is 5.60. The highest BCUT2D eigenvalue weighted by atomic mass is 79.9. The smallest absolute Gasteiger partial charge is 0.337 e. The van der Waals surface area contributed by atoms with Gasteiger partial charge in [-0.3, -0.25) is 4.84 Å². The fraction of sp³-hybridized carbons (Fsp3) is 0.417. The van der Waals surface area contributed by atoms with Crippen molar-refractivity contribution in [2.24, 2.45) is 0 Å². The van der Waals surface area contributed by atoms with Gasteiger partial charge in [-0.05, 0) is 40.9 Å². The number of sulfonamides is 1. The van der Waals surface area contributed by atoms with Gasteiger partial charge in [0.1, 0.15) is 0 Å². The minimum Gasteiger partial charge on any atom is -0.478 e. The SMILES string of the molecule is O=C(O)c1cc(S(=O)(=O)NOC2CCCC2)cc(Br)c1Cl. The normalized spacial score (nSPS) is 16.3. The molecule has 0 aromatic heterocycles. The quantitative estimate of drug-likeness (QED) is 0.744. The highest BCUT2D eigenvalue weighted by molar-refractivity contribution is 9.10. The molecule has 1 aliphatic rings. The van der Waals surface area contributed by atoms with Gasteiger partial charge in [-0.1, -0.05) is 29.3 Å². The summed E-state index contributed by atoms with van der Waals surface area (Å²) in [5, 5.41) is 8.97. The first-order valence-electron chi connectivity index (χ1n) is 6.21. The number of hydrogen-bond donors (Lipinski definition) is 2. The van der Waals surface area contributed by atoms with E-state index < -0.39 is 16.0 Å². The molecule has 1 fully saturated rings. The second kappa shape index (κ2) is 6.62. The van der Waals surface area contributed by atoms with Crippen molar-refractivity contribution in [1.82, 2.24) is 4.89 Å². The third-order valence-electron chi connectivity index (χ3n) is 3.17. The first-order chi connectivity index (χ1) is 9.81. The molecule has 1 saturated carbocycles. The molecule has 0 spiro atoms. The predicted molar refractivity (Wildman–Crippen MR) is 79.8 cm³/mol. The lowest BCUT2D eigenvalue weighted by Gasteiger charge is -2.13. The number of rotatable bonds is 5. The summed E-state index contributed by atoms with van der Waals surface area (Å²) in [6, 6.07) is 2.23. The molecule has 1 aromatic rings. The molecule has 21 heavy (non-hydrogen) atoms. The van der Waals surface area contributed by atoms with Gasteiger partial charge < -0.3 is 5.11 Å². The first-order valence-corrected chi connectivity index (χ1v) is 8.86. The molecule has 9 heteroatoms. The van der Waals surface area contributed by atoms with Gasteiger partial charge in [0.15, 0.2) is 0 Å². The van der Waals surface area contributed by atoms with E-state index in [1.807, 2.05) is 4.89 Å². The Balaban J connectivity index is 2.24. The van der Waals surface area contributed by atoms with Crippen molar-refractivity contribution in [3.8, 4) is 0 Å². The van der Waals surface area contributed by atoms with Crippen LogP contribution in [-0.2, 0) is 14.9 Å². The molecule has 0 amide bonds. The zero-order valence-electron chi connectivity index (χ0n) is 10.8. The summed E-state index contributed by atoms with van der Waals surface area (Å²) in [7, 11) is -3.97. The van der Waals surface area contributed by atoms with Crippen molar-refractivity contribution in [2.75, 3.05) is 0 Å². The average molecular weight is 399 g/mol. The Kier molecular flexibility index (Phi) is 5.26. The van der Waals surface area contributed by atoms with Crippen molar-refractivity contribution in [3.05, 3.63) is 27.2 Å². The number of halogens is 2. The highest BCUT2D eigenvalue weighted by Crippen LogP contribution is 2.30. The van der Waals surface area contributed by atoms with E-state index in [4.69, 9.17) is 21.5 Å². The van der Waals surface area contributed by atoms with E-state index in [0.29, 0.717) is 0 Å². The van der Waals surface area contributed by atoms with Crippen LogP contribution in [0, 0.1) is 0 Å². The number of benzene rings is 1. The van der Waals surface area contributed by atoms with Crippen LogP contribution >= 0.6 is 27.5 Å². The van der Waals surface area contributed by atoms with Crippen LogP contribution in [0.25, 0.3) is 0 Å². The maximum Gasteiger partial charge on any atom is 0.337 e. The Morgan fingerprint density at radius 2 is 2.00 bits per heavy atom. The third kappa shape index (κ3) is 3.95. The molecule has 0 radical (unpaired) electrons. The van der Waals surface area contributed by atoms with E-state index in [1.165, 1.54) is 6.07 Å².